The van der Waals surface area contributed by atoms with Crippen LogP contribution < -0.4 is 11.2 Å². The molecule has 3 aromatic rings. The lowest BCUT2D eigenvalue weighted by Gasteiger charge is -2.14. The summed E-state index contributed by atoms with van der Waals surface area (Å²) >= 11 is 5.93. The van der Waals surface area contributed by atoms with Crippen LogP contribution in [0.1, 0.15) is 18.1 Å². The fraction of sp³-hybridized carbons (Fsp3) is 0.250. The number of hydrogen-bond acceptors (Lipinski definition) is 4. The van der Waals surface area contributed by atoms with Crippen molar-refractivity contribution in [2.24, 2.45) is 0 Å². The molecule has 7 heteroatoms. The predicted octanol–water partition coefficient (Wildman–Crippen LogP) is 2.74. The molecule has 6 nitrogen and oxygen atoms in total. The minimum absolute atomic E-state index is 0.180. The molecule has 0 spiro atoms. The van der Waals surface area contributed by atoms with Gasteiger partial charge in [0.2, 0.25) is 0 Å². The average Bonchev–Trinajstić information content (AvgIpc) is 2.64. The van der Waals surface area contributed by atoms with Crippen molar-refractivity contribution < 1.29 is 9.53 Å². The molecule has 0 fully saturated rings. The van der Waals surface area contributed by atoms with Crippen LogP contribution in [0.25, 0.3) is 10.9 Å². The number of aryl methyl sites for hydroxylation is 1. The van der Waals surface area contributed by atoms with Crippen LogP contribution in [-0.4, -0.2) is 21.7 Å². The van der Waals surface area contributed by atoms with Crippen LogP contribution in [-0.2, 0) is 22.6 Å². The van der Waals surface area contributed by atoms with Gasteiger partial charge in [0.05, 0.1) is 24.1 Å². The Morgan fingerprint density at radius 2 is 1.78 bits per heavy atom. The van der Waals surface area contributed by atoms with Crippen LogP contribution in [0.3, 0.4) is 0 Å². The fourth-order valence-electron chi connectivity index (χ4n) is 2.94. The highest BCUT2D eigenvalue weighted by Crippen LogP contribution is 2.14. The Hall–Kier alpha value is -2.86. The van der Waals surface area contributed by atoms with Crippen LogP contribution in [0.2, 0.25) is 5.02 Å². The van der Waals surface area contributed by atoms with Crippen molar-refractivity contribution >= 4 is 28.5 Å². The molecule has 3 rings (SSSR count). The molecule has 0 radical (unpaired) electrons. The second-order valence-electron chi connectivity index (χ2n) is 6.21. The molecule has 0 saturated heterocycles. The second kappa shape index (κ2) is 7.80. The van der Waals surface area contributed by atoms with Crippen molar-refractivity contribution in [3.05, 3.63) is 79.5 Å². The lowest BCUT2D eigenvalue weighted by molar-refractivity contribution is -0.143. The number of fused-ring (bicyclic) bond motifs is 1. The molecule has 0 amide bonds. The van der Waals surface area contributed by atoms with Gasteiger partial charge in [-0.05, 0) is 43.7 Å². The Labute approximate surface area is 160 Å². The van der Waals surface area contributed by atoms with E-state index in [2.05, 4.69) is 0 Å². The van der Waals surface area contributed by atoms with E-state index >= 15 is 0 Å². The van der Waals surface area contributed by atoms with Gasteiger partial charge in [0, 0.05) is 5.02 Å². The Morgan fingerprint density at radius 1 is 1.07 bits per heavy atom. The lowest BCUT2D eigenvalue weighted by atomic mass is 10.1. The molecule has 0 unspecified atom stereocenters. The third-order valence-electron chi connectivity index (χ3n) is 4.23. The molecule has 0 saturated carbocycles. The number of hydrogen-bond donors (Lipinski definition) is 0. The van der Waals surface area contributed by atoms with Gasteiger partial charge in [0.25, 0.3) is 5.56 Å². The molecule has 140 valence electrons. The molecule has 0 N–H and O–H groups in total. The summed E-state index contributed by atoms with van der Waals surface area (Å²) in [5.74, 6) is -0.623. The van der Waals surface area contributed by atoms with Gasteiger partial charge in [-0.15, -0.1) is 0 Å². The SMILES string of the molecule is CCOC(=O)Cn1c(=O)c2cc(C)ccc2n(Cc2ccc(Cl)cc2)c1=O. The highest BCUT2D eigenvalue weighted by Gasteiger charge is 2.16. The Kier molecular flexibility index (Phi) is 5.46. The van der Waals surface area contributed by atoms with E-state index in [1.165, 1.54) is 4.57 Å². The summed E-state index contributed by atoms with van der Waals surface area (Å²) in [6, 6.07) is 12.4. The number of benzene rings is 2. The van der Waals surface area contributed by atoms with Crippen LogP contribution in [0.5, 0.6) is 0 Å². The zero-order valence-electron chi connectivity index (χ0n) is 15.1. The Balaban J connectivity index is 2.21. The smallest absolute Gasteiger partial charge is 0.332 e. The first-order valence-corrected chi connectivity index (χ1v) is 8.92. The molecule has 1 heterocycles. The van der Waals surface area contributed by atoms with E-state index in [0.717, 1.165) is 15.7 Å². The zero-order chi connectivity index (χ0) is 19.6. The summed E-state index contributed by atoms with van der Waals surface area (Å²) in [4.78, 5) is 37.7. The van der Waals surface area contributed by atoms with E-state index in [-0.39, 0.29) is 13.2 Å². The van der Waals surface area contributed by atoms with Crippen LogP contribution in [0.15, 0.2) is 52.1 Å². The zero-order valence-corrected chi connectivity index (χ0v) is 15.8. The number of halogens is 1. The van der Waals surface area contributed by atoms with E-state index in [9.17, 15) is 14.4 Å². The number of aromatic nitrogens is 2. The molecule has 1 aromatic heterocycles. The summed E-state index contributed by atoms with van der Waals surface area (Å²) in [5.41, 5.74) is 1.20. The van der Waals surface area contributed by atoms with E-state index < -0.39 is 23.8 Å². The summed E-state index contributed by atoms with van der Waals surface area (Å²) in [6.07, 6.45) is 0. The maximum atomic E-state index is 13.0. The monoisotopic (exact) mass is 386 g/mol. The second-order valence-corrected chi connectivity index (χ2v) is 6.65. The van der Waals surface area contributed by atoms with Crippen molar-refractivity contribution in [1.29, 1.82) is 0 Å². The maximum Gasteiger partial charge on any atom is 0.332 e. The first-order chi connectivity index (χ1) is 12.9. The van der Waals surface area contributed by atoms with Crippen molar-refractivity contribution in [3.63, 3.8) is 0 Å². The first-order valence-electron chi connectivity index (χ1n) is 8.54. The first kappa shape index (κ1) is 18.9. The molecule has 27 heavy (non-hydrogen) atoms. The largest absolute Gasteiger partial charge is 0.465 e. The number of carbonyl (C=O) groups is 1. The molecule has 0 aliphatic carbocycles. The molecule has 0 bridgehead atoms. The van der Waals surface area contributed by atoms with Gasteiger partial charge in [-0.2, -0.15) is 0 Å². The van der Waals surface area contributed by atoms with E-state index in [0.29, 0.717) is 15.9 Å². The summed E-state index contributed by atoms with van der Waals surface area (Å²) in [7, 11) is 0. The van der Waals surface area contributed by atoms with Gasteiger partial charge in [0.1, 0.15) is 6.54 Å². The fourth-order valence-corrected chi connectivity index (χ4v) is 3.06. The van der Waals surface area contributed by atoms with Gasteiger partial charge in [-0.25, -0.2) is 9.36 Å². The third-order valence-corrected chi connectivity index (χ3v) is 4.48. The number of ether oxygens (including phenoxy) is 1. The quantitative estimate of drug-likeness (QED) is 0.632. The number of carbonyl (C=O) groups excluding carboxylic acids is 1. The normalized spacial score (nSPS) is 10.9. The van der Waals surface area contributed by atoms with Gasteiger partial charge < -0.3 is 4.74 Å². The predicted molar refractivity (Wildman–Crippen MR) is 104 cm³/mol. The maximum absolute atomic E-state index is 13.0. The molecule has 0 aliphatic rings. The third kappa shape index (κ3) is 3.95. The number of nitrogens with zero attached hydrogens (tertiary/aromatic N) is 2. The highest BCUT2D eigenvalue weighted by atomic mass is 35.5. The van der Waals surface area contributed by atoms with Gasteiger partial charge in [-0.1, -0.05) is 35.4 Å². The standard InChI is InChI=1S/C20H19ClN2O4/c1-3-27-18(24)12-23-19(25)16-10-13(2)4-9-17(16)22(20(23)26)11-14-5-7-15(21)8-6-14/h4-10H,3,11-12H2,1-2H3. The van der Waals surface area contributed by atoms with E-state index in [4.69, 9.17) is 16.3 Å². The van der Waals surface area contributed by atoms with E-state index in [1.807, 2.05) is 25.1 Å². The molecular formula is C20H19ClN2O4. The molecule has 0 atom stereocenters. The van der Waals surface area contributed by atoms with Crippen molar-refractivity contribution in [1.82, 2.24) is 9.13 Å². The minimum atomic E-state index is -0.623. The molecular weight excluding hydrogens is 368 g/mol. The number of rotatable bonds is 5. The van der Waals surface area contributed by atoms with Crippen molar-refractivity contribution in [3.8, 4) is 0 Å². The van der Waals surface area contributed by atoms with Gasteiger partial charge in [-0.3, -0.25) is 14.2 Å². The van der Waals surface area contributed by atoms with Gasteiger partial charge >= 0.3 is 11.7 Å². The lowest BCUT2D eigenvalue weighted by Crippen LogP contribution is -2.42. The van der Waals surface area contributed by atoms with Crippen LogP contribution in [0.4, 0.5) is 0 Å². The van der Waals surface area contributed by atoms with Gasteiger partial charge in [0.15, 0.2) is 0 Å². The topological polar surface area (TPSA) is 70.3 Å². The van der Waals surface area contributed by atoms with E-state index in [1.54, 1.807) is 31.2 Å². The number of esters is 1. The highest BCUT2D eigenvalue weighted by molar-refractivity contribution is 6.30. The van der Waals surface area contributed by atoms with Crippen molar-refractivity contribution in [2.75, 3.05) is 6.61 Å². The van der Waals surface area contributed by atoms with Crippen molar-refractivity contribution in [2.45, 2.75) is 26.9 Å². The minimum Gasteiger partial charge on any atom is -0.465 e. The van der Waals surface area contributed by atoms with Crippen LogP contribution in [0, 0.1) is 6.92 Å². The van der Waals surface area contributed by atoms with Crippen LogP contribution >= 0.6 is 11.6 Å². The average molecular weight is 387 g/mol. The summed E-state index contributed by atoms with van der Waals surface area (Å²) in [6.45, 7) is 3.54. The Morgan fingerprint density at radius 3 is 2.44 bits per heavy atom. The Bertz CT molecular complexity index is 1110. The molecule has 0 aliphatic heterocycles. The molecule has 2 aromatic carbocycles. The summed E-state index contributed by atoms with van der Waals surface area (Å²) < 4.78 is 7.31. The summed E-state index contributed by atoms with van der Waals surface area (Å²) in [5, 5.41) is 0.978.